The first-order valence-corrected chi connectivity index (χ1v) is 5.23. The SMILES string of the molecule is CSc1ccc(Br)cc1CO. The van der Waals surface area contributed by atoms with E-state index in [-0.39, 0.29) is 6.61 Å². The molecule has 0 fully saturated rings. The van der Waals surface area contributed by atoms with Crippen molar-refractivity contribution in [2.24, 2.45) is 0 Å². The van der Waals surface area contributed by atoms with Crippen LogP contribution in [0.2, 0.25) is 0 Å². The van der Waals surface area contributed by atoms with Gasteiger partial charge in [0.15, 0.2) is 0 Å². The second-order valence-corrected chi connectivity index (χ2v) is 3.88. The van der Waals surface area contributed by atoms with Crippen LogP contribution in [-0.4, -0.2) is 11.4 Å². The van der Waals surface area contributed by atoms with Gasteiger partial charge in [0.2, 0.25) is 0 Å². The first-order valence-electron chi connectivity index (χ1n) is 3.21. The van der Waals surface area contributed by atoms with Gasteiger partial charge >= 0.3 is 0 Å². The van der Waals surface area contributed by atoms with Crippen LogP contribution in [0.3, 0.4) is 0 Å². The summed E-state index contributed by atoms with van der Waals surface area (Å²) in [4.78, 5) is 1.13. The van der Waals surface area contributed by atoms with E-state index in [1.165, 1.54) is 0 Å². The minimum atomic E-state index is 0.107. The molecule has 0 unspecified atom stereocenters. The van der Waals surface area contributed by atoms with E-state index >= 15 is 0 Å². The van der Waals surface area contributed by atoms with Crippen LogP contribution in [0.4, 0.5) is 0 Å². The van der Waals surface area contributed by atoms with E-state index in [0.717, 1.165) is 14.9 Å². The topological polar surface area (TPSA) is 20.2 Å². The van der Waals surface area contributed by atoms with Crippen molar-refractivity contribution in [2.75, 3.05) is 6.26 Å². The predicted octanol–water partition coefficient (Wildman–Crippen LogP) is 2.66. The number of rotatable bonds is 2. The highest BCUT2D eigenvalue weighted by Gasteiger charge is 1.99. The Morgan fingerprint density at radius 3 is 2.82 bits per heavy atom. The number of hydrogen-bond donors (Lipinski definition) is 1. The van der Waals surface area contributed by atoms with Gasteiger partial charge < -0.3 is 5.11 Å². The maximum Gasteiger partial charge on any atom is 0.0693 e. The summed E-state index contributed by atoms with van der Waals surface area (Å²) in [5, 5.41) is 8.94. The van der Waals surface area contributed by atoms with Gasteiger partial charge in [0.05, 0.1) is 6.61 Å². The highest BCUT2D eigenvalue weighted by atomic mass is 79.9. The van der Waals surface area contributed by atoms with Crippen molar-refractivity contribution >= 4 is 27.7 Å². The molecule has 0 aliphatic rings. The smallest absolute Gasteiger partial charge is 0.0693 e. The molecule has 1 rings (SSSR count). The molecule has 1 nitrogen and oxygen atoms in total. The monoisotopic (exact) mass is 232 g/mol. The van der Waals surface area contributed by atoms with Gasteiger partial charge in [-0.3, -0.25) is 0 Å². The minimum Gasteiger partial charge on any atom is -0.392 e. The van der Waals surface area contributed by atoms with E-state index in [1.54, 1.807) is 11.8 Å². The van der Waals surface area contributed by atoms with Crippen LogP contribution in [0.25, 0.3) is 0 Å². The van der Waals surface area contributed by atoms with E-state index in [2.05, 4.69) is 15.9 Å². The van der Waals surface area contributed by atoms with Gasteiger partial charge in [0.1, 0.15) is 0 Å². The maximum absolute atomic E-state index is 8.94. The number of halogens is 1. The standard InChI is InChI=1S/C8H9BrOS/c1-11-8-3-2-7(9)4-6(8)5-10/h2-4,10H,5H2,1H3. The van der Waals surface area contributed by atoms with Crippen LogP contribution < -0.4 is 0 Å². The minimum absolute atomic E-state index is 0.107. The van der Waals surface area contributed by atoms with Crippen LogP contribution in [0, 0.1) is 0 Å². The number of benzene rings is 1. The Kier molecular flexibility index (Phi) is 3.43. The van der Waals surface area contributed by atoms with Gasteiger partial charge in [-0.1, -0.05) is 15.9 Å². The molecule has 0 amide bonds. The van der Waals surface area contributed by atoms with Crippen molar-refractivity contribution in [3.8, 4) is 0 Å². The fourth-order valence-electron chi connectivity index (χ4n) is 0.871. The zero-order chi connectivity index (χ0) is 8.27. The van der Waals surface area contributed by atoms with Gasteiger partial charge in [0, 0.05) is 9.37 Å². The van der Waals surface area contributed by atoms with Gasteiger partial charge in [-0.05, 0) is 30.0 Å². The van der Waals surface area contributed by atoms with Crippen molar-refractivity contribution in [3.63, 3.8) is 0 Å². The third-order valence-electron chi connectivity index (χ3n) is 1.41. The van der Waals surface area contributed by atoms with Gasteiger partial charge in [-0.25, -0.2) is 0 Å². The number of thioether (sulfide) groups is 1. The first-order chi connectivity index (χ1) is 5.27. The van der Waals surface area contributed by atoms with Crippen LogP contribution in [0.1, 0.15) is 5.56 Å². The molecule has 0 aliphatic heterocycles. The average molecular weight is 233 g/mol. The normalized spacial score (nSPS) is 10.1. The fraction of sp³-hybridized carbons (Fsp3) is 0.250. The predicted molar refractivity (Wildman–Crippen MR) is 51.8 cm³/mol. The fourth-order valence-corrected chi connectivity index (χ4v) is 1.87. The number of aliphatic hydroxyl groups excluding tert-OH is 1. The molecule has 11 heavy (non-hydrogen) atoms. The summed E-state index contributed by atoms with van der Waals surface area (Å²) in [5.41, 5.74) is 0.979. The Balaban J connectivity index is 3.06. The van der Waals surface area contributed by atoms with Crippen molar-refractivity contribution in [2.45, 2.75) is 11.5 Å². The molecule has 0 radical (unpaired) electrons. The van der Waals surface area contributed by atoms with Crippen LogP contribution in [0.15, 0.2) is 27.6 Å². The summed E-state index contributed by atoms with van der Waals surface area (Å²) >= 11 is 4.99. The second kappa shape index (κ2) is 4.14. The molecule has 0 heterocycles. The third-order valence-corrected chi connectivity index (χ3v) is 2.74. The summed E-state index contributed by atoms with van der Waals surface area (Å²) in [7, 11) is 0. The Labute approximate surface area is 78.9 Å². The van der Waals surface area contributed by atoms with Gasteiger partial charge in [-0.2, -0.15) is 0 Å². The number of aliphatic hydroxyl groups is 1. The molecule has 0 atom stereocenters. The lowest BCUT2D eigenvalue weighted by molar-refractivity contribution is 0.279. The highest BCUT2D eigenvalue weighted by Crippen LogP contribution is 2.23. The van der Waals surface area contributed by atoms with Gasteiger partial charge in [-0.15, -0.1) is 11.8 Å². The molecular weight excluding hydrogens is 224 g/mol. The molecule has 0 aliphatic carbocycles. The van der Waals surface area contributed by atoms with Crippen molar-refractivity contribution in [1.29, 1.82) is 0 Å². The zero-order valence-corrected chi connectivity index (χ0v) is 8.58. The molecule has 60 valence electrons. The summed E-state index contributed by atoms with van der Waals surface area (Å²) in [6, 6.07) is 5.91. The average Bonchev–Trinajstić information content (AvgIpc) is 2.04. The maximum atomic E-state index is 8.94. The number of hydrogen-bond acceptors (Lipinski definition) is 2. The molecule has 0 spiro atoms. The lowest BCUT2D eigenvalue weighted by Gasteiger charge is -2.03. The van der Waals surface area contributed by atoms with Crippen LogP contribution in [0.5, 0.6) is 0 Å². The molecule has 3 heteroatoms. The van der Waals surface area contributed by atoms with Crippen LogP contribution in [-0.2, 0) is 6.61 Å². The molecular formula is C8H9BrOS. The Hall–Kier alpha value is 0.01000. The lowest BCUT2D eigenvalue weighted by Crippen LogP contribution is -1.86. The van der Waals surface area contributed by atoms with Crippen molar-refractivity contribution in [1.82, 2.24) is 0 Å². The molecule has 1 aromatic carbocycles. The highest BCUT2D eigenvalue weighted by molar-refractivity contribution is 9.10. The quantitative estimate of drug-likeness (QED) is 0.792. The Bertz CT molecular complexity index is 250. The Morgan fingerprint density at radius 1 is 1.55 bits per heavy atom. The second-order valence-electron chi connectivity index (χ2n) is 2.11. The van der Waals surface area contributed by atoms with Gasteiger partial charge in [0.25, 0.3) is 0 Å². The first kappa shape index (κ1) is 9.10. The van der Waals surface area contributed by atoms with E-state index in [0.29, 0.717) is 0 Å². The third kappa shape index (κ3) is 2.22. The van der Waals surface area contributed by atoms with E-state index in [9.17, 15) is 0 Å². The summed E-state index contributed by atoms with van der Waals surface area (Å²) in [6.07, 6.45) is 2.00. The molecule has 0 saturated heterocycles. The summed E-state index contributed by atoms with van der Waals surface area (Å²) in [6.45, 7) is 0.107. The van der Waals surface area contributed by atoms with E-state index in [1.807, 2.05) is 24.5 Å². The molecule has 0 bridgehead atoms. The largest absolute Gasteiger partial charge is 0.392 e. The molecule has 0 aromatic heterocycles. The molecule has 1 aromatic rings. The summed E-state index contributed by atoms with van der Waals surface area (Å²) in [5.74, 6) is 0. The van der Waals surface area contributed by atoms with E-state index < -0.39 is 0 Å². The van der Waals surface area contributed by atoms with Crippen molar-refractivity contribution < 1.29 is 5.11 Å². The summed E-state index contributed by atoms with van der Waals surface area (Å²) < 4.78 is 1.01. The van der Waals surface area contributed by atoms with E-state index in [4.69, 9.17) is 5.11 Å². The zero-order valence-electron chi connectivity index (χ0n) is 6.17. The lowest BCUT2D eigenvalue weighted by atomic mass is 10.2. The molecule has 0 saturated carbocycles. The Morgan fingerprint density at radius 2 is 2.27 bits per heavy atom. The van der Waals surface area contributed by atoms with Crippen molar-refractivity contribution in [3.05, 3.63) is 28.2 Å². The van der Waals surface area contributed by atoms with Crippen LogP contribution >= 0.6 is 27.7 Å². The molecule has 1 N–H and O–H groups in total.